The molecule has 170 valence electrons. The lowest BCUT2D eigenvalue weighted by Gasteiger charge is -2.30. The molecule has 0 spiro atoms. The highest BCUT2D eigenvalue weighted by molar-refractivity contribution is 7.86. The highest BCUT2D eigenvalue weighted by atomic mass is 32.2. The van der Waals surface area contributed by atoms with Crippen LogP contribution < -0.4 is 0 Å². The van der Waals surface area contributed by atoms with E-state index < -0.39 is 63.3 Å². The van der Waals surface area contributed by atoms with E-state index in [0.29, 0.717) is 0 Å². The summed E-state index contributed by atoms with van der Waals surface area (Å²) in [6, 6.07) is 9.33. The summed E-state index contributed by atoms with van der Waals surface area (Å²) in [6.45, 7) is 3.05. The lowest BCUT2D eigenvalue weighted by molar-refractivity contribution is -0.229. The van der Waals surface area contributed by atoms with Gasteiger partial charge in [-0.1, -0.05) is 30.3 Å². The van der Waals surface area contributed by atoms with Crippen molar-refractivity contribution in [1.82, 2.24) is 0 Å². The van der Waals surface area contributed by atoms with Gasteiger partial charge in [-0.3, -0.25) is 8.37 Å². The number of benzene rings is 1. The molecule has 0 unspecified atom stereocenters. The second-order valence-corrected chi connectivity index (χ2v) is 10.9. The molecule has 0 radical (unpaired) electrons. The van der Waals surface area contributed by atoms with Crippen LogP contribution in [0.4, 0.5) is 0 Å². The maximum Gasteiger partial charge on any atom is 0.264 e. The van der Waals surface area contributed by atoms with Crippen LogP contribution in [-0.2, 0) is 54.2 Å². The molecule has 0 bridgehead atoms. The minimum Gasteiger partial charge on any atom is -0.368 e. The molecular formula is C18H26O10S2. The quantitative estimate of drug-likeness (QED) is 0.482. The fourth-order valence-corrected chi connectivity index (χ4v) is 4.35. The van der Waals surface area contributed by atoms with Crippen molar-refractivity contribution in [1.29, 1.82) is 0 Å². The SMILES string of the molecule is CC1(C)O[C@H]2O[C@H]([C@@H](COS(C)(=O)=O)OS(C)(=O)=O)[C@H](OCc3ccccc3)[C@H]2O1. The van der Waals surface area contributed by atoms with Gasteiger partial charge in [-0.15, -0.1) is 0 Å². The third-order valence-electron chi connectivity index (χ3n) is 4.42. The van der Waals surface area contributed by atoms with Crippen LogP contribution in [0.3, 0.4) is 0 Å². The van der Waals surface area contributed by atoms with E-state index in [4.69, 9.17) is 27.3 Å². The van der Waals surface area contributed by atoms with Crippen molar-refractivity contribution in [3.63, 3.8) is 0 Å². The third-order valence-corrected chi connectivity index (χ3v) is 5.58. The number of hydrogen-bond donors (Lipinski definition) is 0. The Hall–Kier alpha value is -1.12. The van der Waals surface area contributed by atoms with E-state index in [2.05, 4.69) is 0 Å². The number of fused-ring (bicyclic) bond motifs is 1. The Morgan fingerprint density at radius 1 is 1.03 bits per heavy atom. The van der Waals surface area contributed by atoms with Crippen molar-refractivity contribution < 1.29 is 44.1 Å². The molecule has 2 aliphatic heterocycles. The minimum atomic E-state index is -3.96. The van der Waals surface area contributed by atoms with E-state index in [0.717, 1.165) is 18.1 Å². The lowest BCUT2D eigenvalue weighted by Crippen LogP contribution is -2.46. The van der Waals surface area contributed by atoms with Crippen molar-refractivity contribution in [3.8, 4) is 0 Å². The Balaban J connectivity index is 1.83. The molecule has 0 aliphatic carbocycles. The zero-order chi connectivity index (χ0) is 22.2. The molecule has 0 N–H and O–H groups in total. The molecule has 10 nitrogen and oxygen atoms in total. The Labute approximate surface area is 176 Å². The first-order chi connectivity index (χ1) is 13.8. The normalized spacial score (nSPS) is 29.6. The van der Waals surface area contributed by atoms with Crippen LogP contribution in [0.25, 0.3) is 0 Å². The summed E-state index contributed by atoms with van der Waals surface area (Å²) in [5.74, 6) is -0.925. The van der Waals surface area contributed by atoms with E-state index in [1.165, 1.54) is 0 Å². The molecule has 0 aromatic heterocycles. The summed E-state index contributed by atoms with van der Waals surface area (Å²) in [5, 5.41) is 0. The molecule has 5 atom stereocenters. The lowest BCUT2D eigenvalue weighted by atomic mass is 10.1. The molecule has 30 heavy (non-hydrogen) atoms. The summed E-state index contributed by atoms with van der Waals surface area (Å²) in [6.07, 6.45) is -2.91. The van der Waals surface area contributed by atoms with Gasteiger partial charge in [0.15, 0.2) is 12.1 Å². The van der Waals surface area contributed by atoms with Crippen LogP contribution in [0, 0.1) is 0 Å². The topological polar surface area (TPSA) is 124 Å². The van der Waals surface area contributed by atoms with Gasteiger partial charge in [0, 0.05) is 0 Å². The molecular weight excluding hydrogens is 440 g/mol. The second kappa shape index (κ2) is 8.79. The fourth-order valence-electron chi connectivity index (χ4n) is 3.35. The van der Waals surface area contributed by atoms with Crippen molar-refractivity contribution >= 4 is 20.2 Å². The van der Waals surface area contributed by atoms with E-state index in [-0.39, 0.29) is 6.61 Å². The van der Waals surface area contributed by atoms with Gasteiger partial charge in [0.25, 0.3) is 20.2 Å². The van der Waals surface area contributed by atoms with Gasteiger partial charge in [-0.05, 0) is 19.4 Å². The van der Waals surface area contributed by atoms with Crippen LogP contribution in [0.15, 0.2) is 30.3 Å². The molecule has 1 aromatic carbocycles. The average Bonchev–Trinajstić information content (AvgIpc) is 3.08. The monoisotopic (exact) mass is 466 g/mol. The highest BCUT2D eigenvalue weighted by Gasteiger charge is 2.58. The van der Waals surface area contributed by atoms with E-state index in [1.54, 1.807) is 13.8 Å². The van der Waals surface area contributed by atoms with Crippen LogP contribution in [0.2, 0.25) is 0 Å². The van der Waals surface area contributed by atoms with Gasteiger partial charge in [-0.2, -0.15) is 16.8 Å². The Morgan fingerprint density at radius 3 is 2.30 bits per heavy atom. The summed E-state index contributed by atoms with van der Waals surface area (Å²) in [5.41, 5.74) is 0.880. The molecule has 2 fully saturated rings. The fraction of sp³-hybridized carbons (Fsp3) is 0.667. The van der Waals surface area contributed by atoms with Gasteiger partial charge in [0.2, 0.25) is 0 Å². The smallest absolute Gasteiger partial charge is 0.264 e. The van der Waals surface area contributed by atoms with Crippen molar-refractivity contribution in [3.05, 3.63) is 35.9 Å². The molecule has 2 saturated heterocycles. The Bertz CT molecular complexity index is 929. The van der Waals surface area contributed by atoms with Crippen LogP contribution >= 0.6 is 0 Å². The second-order valence-electron chi connectivity index (χ2n) is 7.66. The third kappa shape index (κ3) is 6.44. The number of hydrogen-bond acceptors (Lipinski definition) is 10. The zero-order valence-corrected chi connectivity index (χ0v) is 18.7. The van der Waals surface area contributed by atoms with Gasteiger partial charge in [-0.25, -0.2) is 0 Å². The van der Waals surface area contributed by atoms with Gasteiger partial charge in [0.1, 0.15) is 24.4 Å². The van der Waals surface area contributed by atoms with E-state index in [9.17, 15) is 16.8 Å². The maximum absolute atomic E-state index is 11.8. The van der Waals surface area contributed by atoms with Crippen molar-refractivity contribution in [2.24, 2.45) is 0 Å². The molecule has 0 saturated carbocycles. The van der Waals surface area contributed by atoms with Crippen molar-refractivity contribution in [2.45, 2.75) is 56.9 Å². The van der Waals surface area contributed by atoms with E-state index >= 15 is 0 Å². The van der Waals surface area contributed by atoms with Crippen LogP contribution in [0.1, 0.15) is 19.4 Å². The molecule has 3 rings (SSSR count). The molecule has 1 aromatic rings. The molecule has 0 amide bonds. The summed E-state index contributed by atoms with van der Waals surface area (Å²) < 4.78 is 79.8. The molecule has 2 aliphatic rings. The van der Waals surface area contributed by atoms with E-state index in [1.807, 2.05) is 30.3 Å². The maximum atomic E-state index is 11.8. The first-order valence-electron chi connectivity index (χ1n) is 9.22. The van der Waals surface area contributed by atoms with Crippen LogP contribution in [-0.4, -0.2) is 72.4 Å². The Kier molecular flexibility index (Phi) is 6.90. The summed E-state index contributed by atoms with van der Waals surface area (Å²) in [7, 11) is -7.81. The van der Waals surface area contributed by atoms with Gasteiger partial charge in [0.05, 0.1) is 25.7 Å². The van der Waals surface area contributed by atoms with Gasteiger partial charge >= 0.3 is 0 Å². The predicted octanol–water partition coefficient (Wildman–Crippen LogP) is 0.769. The predicted molar refractivity (Wildman–Crippen MR) is 104 cm³/mol. The highest BCUT2D eigenvalue weighted by Crippen LogP contribution is 2.40. The first-order valence-corrected chi connectivity index (χ1v) is 12.9. The van der Waals surface area contributed by atoms with Crippen LogP contribution in [0.5, 0.6) is 0 Å². The largest absolute Gasteiger partial charge is 0.368 e. The minimum absolute atomic E-state index is 0.191. The average molecular weight is 467 g/mol. The number of ether oxygens (including phenoxy) is 4. The molecule has 12 heteroatoms. The summed E-state index contributed by atoms with van der Waals surface area (Å²) in [4.78, 5) is 0. The standard InChI is InChI=1S/C18H26O10S2/c1-18(2)26-16-15(23-10-12-8-6-5-7-9-12)14(25-17(16)27-18)13(28-30(4,21)22)11-24-29(3,19)20/h5-9,13-17H,10-11H2,1-4H3/t13-,14-,15+,16-,17-/m1/s1. The van der Waals surface area contributed by atoms with Crippen molar-refractivity contribution in [2.75, 3.05) is 19.1 Å². The molecule has 2 heterocycles. The van der Waals surface area contributed by atoms with Gasteiger partial charge < -0.3 is 18.9 Å². The number of rotatable bonds is 9. The zero-order valence-electron chi connectivity index (χ0n) is 17.1. The Morgan fingerprint density at radius 2 is 1.70 bits per heavy atom. The first kappa shape index (κ1) is 23.5. The summed E-state index contributed by atoms with van der Waals surface area (Å²) >= 11 is 0.